The van der Waals surface area contributed by atoms with E-state index in [1.54, 1.807) is 31.3 Å². The largest absolute Gasteiger partial charge is 0.399 e. The molecule has 0 atom stereocenters. The van der Waals surface area contributed by atoms with Crippen molar-refractivity contribution in [3.05, 3.63) is 53.1 Å². The third kappa shape index (κ3) is 2.98. The maximum Gasteiger partial charge on any atom is 0.265 e. The minimum atomic E-state index is -3.29. The number of nitrogens with zero attached hydrogens (tertiary/aromatic N) is 4. The number of carbonyl (C=O) groups is 1. The van der Waals surface area contributed by atoms with Crippen molar-refractivity contribution >= 4 is 32.7 Å². The molecule has 0 saturated heterocycles. The molecule has 9 heteroatoms. The Kier molecular flexibility index (Phi) is 4.01. The molecule has 0 amide bonds. The van der Waals surface area contributed by atoms with Gasteiger partial charge in [-0.3, -0.25) is 14.3 Å². The smallest absolute Gasteiger partial charge is 0.265 e. The molecular weight excluding hydrogens is 366 g/mol. The van der Waals surface area contributed by atoms with E-state index < -0.39 is 10.0 Å². The molecule has 2 aromatic heterocycles. The van der Waals surface area contributed by atoms with Crippen LogP contribution in [0.5, 0.6) is 0 Å². The van der Waals surface area contributed by atoms with E-state index in [2.05, 4.69) is 9.97 Å². The molecule has 2 N–H and O–H groups in total. The summed E-state index contributed by atoms with van der Waals surface area (Å²) in [4.78, 5) is 21.9. The maximum atomic E-state index is 13.3. The topological polar surface area (TPSA) is 111 Å². The fourth-order valence-electron chi connectivity index (χ4n) is 3.52. The van der Waals surface area contributed by atoms with E-state index in [-0.39, 0.29) is 12.5 Å². The summed E-state index contributed by atoms with van der Waals surface area (Å²) in [5, 5.41) is 0. The molecule has 1 aliphatic rings. The molecule has 0 aliphatic carbocycles. The van der Waals surface area contributed by atoms with Crippen molar-refractivity contribution in [1.82, 2.24) is 18.8 Å². The molecule has 0 spiro atoms. The van der Waals surface area contributed by atoms with E-state index in [0.29, 0.717) is 41.1 Å². The van der Waals surface area contributed by atoms with E-state index in [1.807, 2.05) is 0 Å². The fourth-order valence-corrected chi connectivity index (χ4v) is 4.32. The number of pyridine rings is 1. The predicted molar refractivity (Wildman–Crippen MR) is 102 cm³/mol. The number of hydrogen-bond donors (Lipinski definition) is 1. The lowest BCUT2D eigenvalue weighted by Gasteiger charge is -2.27. The Balaban J connectivity index is 1.81. The first-order chi connectivity index (χ1) is 12.8. The van der Waals surface area contributed by atoms with E-state index in [4.69, 9.17) is 5.73 Å². The van der Waals surface area contributed by atoms with Crippen LogP contribution in [0.25, 0.3) is 11.0 Å². The molecule has 0 saturated carbocycles. The van der Waals surface area contributed by atoms with E-state index in [9.17, 15) is 13.2 Å². The first kappa shape index (κ1) is 17.6. The summed E-state index contributed by atoms with van der Waals surface area (Å²) in [5.41, 5.74) is 9.81. The lowest BCUT2D eigenvalue weighted by molar-refractivity contribution is 0.0960. The second-order valence-corrected chi connectivity index (χ2v) is 8.70. The average molecular weight is 385 g/mol. The quantitative estimate of drug-likeness (QED) is 0.666. The summed E-state index contributed by atoms with van der Waals surface area (Å²) in [6.45, 7) is 2.33. The maximum absolute atomic E-state index is 13.3. The average Bonchev–Trinajstić information content (AvgIpc) is 2.94. The number of rotatable bonds is 2. The normalized spacial score (nSPS) is 15.0. The number of hydrogen-bond acceptors (Lipinski definition) is 6. The van der Waals surface area contributed by atoms with Crippen molar-refractivity contribution in [1.29, 1.82) is 0 Å². The molecule has 0 radical (unpaired) electrons. The Labute approximate surface area is 156 Å². The van der Waals surface area contributed by atoms with Gasteiger partial charge >= 0.3 is 0 Å². The molecule has 0 bridgehead atoms. The highest BCUT2D eigenvalue weighted by molar-refractivity contribution is 7.88. The first-order valence-electron chi connectivity index (χ1n) is 8.46. The molecule has 4 rings (SSSR count). The molecule has 140 valence electrons. The standard InChI is InChI=1S/C18H19N5O3S/c1-11-21-16-4-3-13(19)7-17(16)23(11)18(24)15-9-20-8-12-10-22(27(2,25)26)6-5-14(12)15/h3-4,7-9H,5-6,10,19H2,1-2H3. The molecule has 0 unspecified atom stereocenters. The zero-order valence-electron chi connectivity index (χ0n) is 15.0. The second kappa shape index (κ2) is 6.14. The molecule has 0 fully saturated rings. The zero-order valence-corrected chi connectivity index (χ0v) is 15.8. The van der Waals surface area contributed by atoms with Gasteiger partial charge in [-0.2, -0.15) is 4.31 Å². The Morgan fingerprint density at radius 1 is 1.26 bits per heavy atom. The summed E-state index contributed by atoms with van der Waals surface area (Å²) < 4.78 is 26.6. The van der Waals surface area contributed by atoms with Crippen LogP contribution in [0.1, 0.15) is 27.3 Å². The Morgan fingerprint density at radius 3 is 2.78 bits per heavy atom. The third-order valence-corrected chi connectivity index (χ3v) is 6.10. The molecule has 1 aromatic carbocycles. The van der Waals surface area contributed by atoms with E-state index in [1.165, 1.54) is 21.3 Å². The molecule has 27 heavy (non-hydrogen) atoms. The number of anilines is 1. The summed E-state index contributed by atoms with van der Waals surface area (Å²) in [5.74, 6) is 0.324. The van der Waals surface area contributed by atoms with Gasteiger partial charge in [-0.05, 0) is 42.7 Å². The van der Waals surface area contributed by atoms with Crippen LogP contribution in [-0.2, 0) is 23.0 Å². The van der Waals surface area contributed by atoms with Gasteiger partial charge in [-0.15, -0.1) is 0 Å². The van der Waals surface area contributed by atoms with Gasteiger partial charge in [-0.25, -0.2) is 13.4 Å². The lowest BCUT2D eigenvalue weighted by atomic mass is 9.98. The predicted octanol–water partition coefficient (Wildman–Crippen LogP) is 1.33. The van der Waals surface area contributed by atoms with Crippen LogP contribution in [0.3, 0.4) is 0 Å². The lowest BCUT2D eigenvalue weighted by Crippen LogP contribution is -2.36. The summed E-state index contributed by atoms with van der Waals surface area (Å²) in [6, 6.07) is 5.25. The molecule has 3 heterocycles. The molecule has 3 aromatic rings. The van der Waals surface area contributed by atoms with Gasteiger partial charge in [0.05, 0.1) is 22.9 Å². The third-order valence-electron chi connectivity index (χ3n) is 4.85. The minimum Gasteiger partial charge on any atom is -0.399 e. The van der Waals surface area contributed by atoms with E-state index in [0.717, 1.165) is 11.1 Å². The Morgan fingerprint density at radius 2 is 2.04 bits per heavy atom. The van der Waals surface area contributed by atoms with Crippen LogP contribution >= 0.6 is 0 Å². The number of carbonyl (C=O) groups excluding carboxylic acids is 1. The van der Waals surface area contributed by atoms with Crippen LogP contribution in [0.2, 0.25) is 0 Å². The molecule has 1 aliphatic heterocycles. The number of nitrogens with two attached hydrogens (primary N) is 1. The van der Waals surface area contributed by atoms with E-state index >= 15 is 0 Å². The first-order valence-corrected chi connectivity index (χ1v) is 10.3. The number of sulfonamides is 1. The van der Waals surface area contributed by atoms with Gasteiger partial charge in [0.2, 0.25) is 10.0 Å². The number of aromatic nitrogens is 3. The fraction of sp³-hybridized carbons (Fsp3) is 0.278. The number of fused-ring (bicyclic) bond motifs is 2. The Hall–Kier alpha value is -2.78. The SMILES string of the molecule is Cc1nc2ccc(N)cc2n1C(=O)c1cncc2c1CCN(S(C)(=O)=O)C2. The van der Waals surface area contributed by atoms with Gasteiger partial charge in [0, 0.05) is 31.2 Å². The molecule has 8 nitrogen and oxygen atoms in total. The Bertz CT molecular complexity index is 1180. The van der Waals surface area contributed by atoms with Gasteiger partial charge in [0.15, 0.2) is 0 Å². The van der Waals surface area contributed by atoms with Crippen molar-refractivity contribution in [3.8, 4) is 0 Å². The van der Waals surface area contributed by atoms with Crippen LogP contribution in [0.4, 0.5) is 5.69 Å². The van der Waals surface area contributed by atoms with Gasteiger partial charge in [0.25, 0.3) is 5.91 Å². The number of benzene rings is 1. The highest BCUT2D eigenvalue weighted by atomic mass is 32.2. The van der Waals surface area contributed by atoms with Crippen molar-refractivity contribution in [3.63, 3.8) is 0 Å². The highest BCUT2D eigenvalue weighted by Gasteiger charge is 2.28. The zero-order chi connectivity index (χ0) is 19.3. The number of aryl methyl sites for hydroxylation is 1. The van der Waals surface area contributed by atoms with Crippen LogP contribution < -0.4 is 5.73 Å². The van der Waals surface area contributed by atoms with Gasteiger partial charge < -0.3 is 5.73 Å². The molecular formula is C18H19N5O3S. The van der Waals surface area contributed by atoms with Gasteiger partial charge in [0.1, 0.15) is 5.82 Å². The van der Waals surface area contributed by atoms with Crippen LogP contribution in [0.15, 0.2) is 30.6 Å². The van der Waals surface area contributed by atoms with Crippen molar-refractivity contribution in [2.45, 2.75) is 19.9 Å². The van der Waals surface area contributed by atoms with Crippen molar-refractivity contribution in [2.75, 3.05) is 18.5 Å². The van der Waals surface area contributed by atoms with Crippen molar-refractivity contribution < 1.29 is 13.2 Å². The highest BCUT2D eigenvalue weighted by Crippen LogP contribution is 2.26. The summed E-state index contributed by atoms with van der Waals surface area (Å²) >= 11 is 0. The number of nitrogen functional groups attached to an aromatic ring is 1. The van der Waals surface area contributed by atoms with Crippen LogP contribution in [-0.4, -0.2) is 46.0 Å². The van der Waals surface area contributed by atoms with Crippen molar-refractivity contribution in [2.24, 2.45) is 0 Å². The summed E-state index contributed by atoms with van der Waals surface area (Å²) in [6.07, 6.45) is 4.81. The summed E-state index contributed by atoms with van der Waals surface area (Å²) in [7, 11) is -3.29. The van der Waals surface area contributed by atoms with Crippen LogP contribution in [0, 0.1) is 6.92 Å². The monoisotopic (exact) mass is 385 g/mol. The number of imidazole rings is 1. The second-order valence-electron chi connectivity index (χ2n) is 6.72. The minimum absolute atomic E-state index is 0.221. The van der Waals surface area contributed by atoms with Gasteiger partial charge in [-0.1, -0.05) is 0 Å².